The van der Waals surface area contributed by atoms with E-state index in [1.54, 1.807) is 0 Å². The van der Waals surface area contributed by atoms with Gasteiger partial charge in [-0.1, -0.05) is 0 Å². The second-order valence-corrected chi connectivity index (χ2v) is 1.40. The van der Waals surface area contributed by atoms with Crippen LogP contribution >= 0.6 is 0 Å². The first-order chi connectivity index (χ1) is 3.83. The summed E-state index contributed by atoms with van der Waals surface area (Å²) in [6.07, 6.45) is 3.87. The van der Waals surface area contributed by atoms with Crippen molar-refractivity contribution in [2.75, 3.05) is 0 Å². The zero-order valence-electron chi connectivity index (χ0n) is 4.00. The molecular formula is C5H3NO2. The third-order valence-corrected chi connectivity index (χ3v) is 0.814. The number of nitrogens with zero attached hydrogens (tertiary/aromatic N) is 1. The van der Waals surface area contributed by atoms with Crippen molar-refractivity contribution in [3.63, 3.8) is 0 Å². The molecular weight excluding hydrogens is 106 g/mol. The molecule has 0 saturated carbocycles. The second-order valence-electron chi connectivity index (χ2n) is 1.40. The van der Waals surface area contributed by atoms with E-state index >= 15 is 0 Å². The minimum atomic E-state index is -0.167. The lowest BCUT2D eigenvalue weighted by molar-refractivity contribution is -0.110. The summed E-state index contributed by atoms with van der Waals surface area (Å²) in [5.41, 5.74) is 0.204. The highest BCUT2D eigenvalue weighted by Gasteiger charge is 2.02. The van der Waals surface area contributed by atoms with Gasteiger partial charge in [-0.15, -0.1) is 4.91 Å². The topological polar surface area (TPSA) is 46.5 Å². The molecule has 1 aliphatic carbocycles. The van der Waals surface area contributed by atoms with Crippen LogP contribution < -0.4 is 0 Å². The van der Waals surface area contributed by atoms with Crippen LogP contribution in [0.5, 0.6) is 0 Å². The lowest BCUT2D eigenvalue weighted by Gasteiger charge is -1.70. The van der Waals surface area contributed by atoms with Gasteiger partial charge in [0.15, 0.2) is 5.78 Å². The normalized spacial score (nSPS) is 16.5. The number of allylic oxidation sites excluding steroid dienone is 3. The van der Waals surface area contributed by atoms with Crippen molar-refractivity contribution >= 4 is 5.78 Å². The van der Waals surface area contributed by atoms with E-state index in [9.17, 15) is 9.70 Å². The molecule has 0 aliphatic heterocycles. The number of carbonyl (C=O) groups is 1. The lowest BCUT2D eigenvalue weighted by Crippen LogP contribution is -1.76. The van der Waals surface area contributed by atoms with E-state index in [-0.39, 0.29) is 11.5 Å². The summed E-state index contributed by atoms with van der Waals surface area (Å²) in [7, 11) is 0. The fourth-order valence-corrected chi connectivity index (χ4v) is 0.466. The summed E-state index contributed by atoms with van der Waals surface area (Å²) in [6, 6.07) is 0. The van der Waals surface area contributed by atoms with Crippen LogP contribution in [-0.4, -0.2) is 5.78 Å². The summed E-state index contributed by atoms with van der Waals surface area (Å²) in [5.74, 6) is -0.167. The fraction of sp³-hybridized carbons (Fsp3) is 0. The van der Waals surface area contributed by atoms with Crippen molar-refractivity contribution in [3.05, 3.63) is 28.8 Å². The molecule has 1 aliphatic rings. The Labute approximate surface area is 45.7 Å². The second kappa shape index (κ2) is 1.69. The Kier molecular flexibility index (Phi) is 1.04. The summed E-state index contributed by atoms with van der Waals surface area (Å²) >= 11 is 0. The average Bonchev–Trinajstić information content (AvgIpc) is 2.14. The summed E-state index contributed by atoms with van der Waals surface area (Å²) < 4.78 is 0. The minimum Gasteiger partial charge on any atom is -0.290 e. The SMILES string of the molecule is O=NC1=CC(=O)C=C1. The number of nitroso groups, excluding NO2 is 1. The van der Waals surface area contributed by atoms with Gasteiger partial charge in [0.25, 0.3) is 0 Å². The van der Waals surface area contributed by atoms with Crippen molar-refractivity contribution < 1.29 is 4.79 Å². The largest absolute Gasteiger partial charge is 0.290 e. The highest BCUT2D eigenvalue weighted by Crippen LogP contribution is 2.05. The molecule has 0 spiro atoms. The molecule has 0 saturated heterocycles. The van der Waals surface area contributed by atoms with Gasteiger partial charge < -0.3 is 0 Å². The van der Waals surface area contributed by atoms with Crippen molar-refractivity contribution in [2.24, 2.45) is 5.18 Å². The number of carbonyl (C=O) groups excluding carboxylic acids is 1. The zero-order chi connectivity index (χ0) is 5.98. The number of hydrogen-bond acceptors (Lipinski definition) is 3. The molecule has 0 amide bonds. The van der Waals surface area contributed by atoms with E-state index in [0.29, 0.717) is 0 Å². The minimum absolute atomic E-state index is 0.167. The first-order valence-electron chi connectivity index (χ1n) is 2.10. The van der Waals surface area contributed by atoms with Gasteiger partial charge in [-0.2, -0.15) is 0 Å². The first kappa shape index (κ1) is 4.90. The third kappa shape index (κ3) is 0.703. The molecule has 0 unspecified atom stereocenters. The average molecular weight is 109 g/mol. The summed E-state index contributed by atoms with van der Waals surface area (Å²) in [4.78, 5) is 19.9. The molecule has 1 rings (SSSR count). The van der Waals surface area contributed by atoms with Crippen LogP contribution in [0.2, 0.25) is 0 Å². The van der Waals surface area contributed by atoms with Gasteiger partial charge in [-0.05, 0) is 17.3 Å². The molecule has 3 nitrogen and oxygen atoms in total. The summed E-state index contributed by atoms with van der Waals surface area (Å²) in [5, 5.41) is 2.54. The maximum absolute atomic E-state index is 10.3. The molecule has 0 aromatic heterocycles. The van der Waals surface area contributed by atoms with Crippen LogP contribution in [0.3, 0.4) is 0 Å². The standard InChI is InChI=1S/C5H3NO2/c7-5-2-1-4(3-5)6-8/h1-3H. The molecule has 0 radical (unpaired) electrons. The Bertz CT molecular complexity index is 191. The maximum Gasteiger partial charge on any atom is 0.180 e. The first-order valence-corrected chi connectivity index (χ1v) is 2.10. The highest BCUT2D eigenvalue weighted by molar-refractivity contribution is 6.03. The Morgan fingerprint density at radius 2 is 2.12 bits per heavy atom. The van der Waals surface area contributed by atoms with Gasteiger partial charge >= 0.3 is 0 Å². The Hall–Kier alpha value is -1.25. The van der Waals surface area contributed by atoms with E-state index in [4.69, 9.17) is 0 Å². The Balaban J connectivity index is 2.87. The van der Waals surface area contributed by atoms with Crippen LogP contribution in [0.4, 0.5) is 0 Å². The van der Waals surface area contributed by atoms with Crippen LogP contribution in [0.1, 0.15) is 0 Å². The molecule has 0 aromatic carbocycles. The third-order valence-electron chi connectivity index (χ3n) is 0.814. The zero-order valence-corrected chi connectivity index (χ0v) is 4.00. The lowest BCUT2D eigenvalue weighted by atomic mass is 10.4. The molecule has 0 fully saturated rings. The van der Waals surface area contributed by atoms with Crippen LogP contribution in [-0.2, 0) is 4.79 Å². The monoisotopic (exact) mass is 109 g/mol. The molecule has 8 heavy (non-hydrogen) atoms. The van der Waals surface area contributed by atoms with Gasteiger partial charge in [0, 0.05) is 6.08 Å². The number of ketones is 1. The molecule has 0 atom stereocenters. The van der Waals surface area contributed by atoms with Crippen LogP contribution in [0, 0.1) is 4.91 Å². The smallest absolute Gasteiger partial charge is 0.180 e. The molecule has 0 heterocycles. The van der Waals surface area contributed by atoms with Gasteiger partial charge in [-0.25, -0.2) is 0 Å². The van der Waals surface area contributed by atoms with Gasteiger partial charge in [0.2, 0.25) is 0 Å². The van der Waals surface area contributed by atoms with E-state index in [2.05, 4.69) is 5.18 Å². The van der Waals surface area contributed by atoms with E-state index in [1.807, 2.05) is 0 Å². The quantitative estimate of drug-likeness (QED) is 0.467. The van der Waals surface area contributed by atoms with E-state index in [1.165, 1.54) is 18.2 Å². The van der Waals surface area contributed by atoms with Crippen molar-refractivity contribution in [1.82, 2.24) is 0 Å². The van der Waals surface area contributed by atoms with Gasteiger partial charge in [-0.3, -0.25) is 4.79 Å². The molecule has 0 N–H and O–H groups in total. The van der Waals surface area contributed by atoms with E-state index in [0.717, 1.165) is 0 Å². The predicted molar refractivity (Wildman–Crippen MR) is 28.0 cm³/mol. The van der Waals surface area contributed by atoms with Crippen molar-refractivity contribution in [1.29, 1.82) is 0 Å². The number of rotatable bonds is 1. The Morgan fingerprint density at radius 1 is 1.38 bits per heavy atom. The van der Waals surface area contributed by atoms with Gasteiger partial charge in [0.05, 0.1) is 0 Å². The van der Waals surface area contributed by atoms with Crippen molar-refractivity contribution in [2.45, 2.75) is 0 Å². The molecule has 3 heteroatoms. The molecule has 40 valence electrons. The Morgan fingerprint density at radius 3 is 2.38 bits per heavy atom. The van der Waals surface area contributed by atoms with Crippen molar-refractivity contribution in [3.8, 4) is 0 Å². The van der Waals surface area contributed by atoms with Crippen LogP contribution in [0.15, 0.2) is 29.1 Å². The predicted octanol–water partition coefficient (Wildman–Crippen LogP) is 0.776. The molecule has 0 bridgehead atoms. The van der Waals surface area contributed by atoms with Gasteiger partial charge in [0.1, 0.15) is 5.70 Å². The molecule has 0 aromatic rings. The van der Waals surface area contributed by atoms with Crippen LogP contribution in [0.25, 0.3) is 0 Å². The summed E-state index contributed by atoms with van der Waals surface area (Å²) in [6.45, 7) is 0. The highest BCUT2D eigenvalue weighted by atomic mass is 16.3. The number of hydrogen-bond donors (Lipinski definition) is 0. The fourth-order valence-electron chi connectivity index (χ4n) is 0.466. The van der Waals surface area contributed by atoms with E-state index < -0.39 is 0 Å². The maximum atomic E-state index is 10.3.